The number of amides is 1. The normalized spacial score (nSPS) is 17.8. The first kappa shape index (κ1) is 28.8. The first-order valence-electron chi connectivity index (χ1n) is 14.5. The van der Waals surface area contributed by atoms with Crippen LogP contribution in [0, 0.1) is 12.8 Å². The molecule has 2 fully saturated rings. The Bertz CT molecular complexity index is 1480. The molecule has 1 amide bonds. The molecule has 2 N–H and O–H groups in total. The van der Waals surface area contributed by atoms with Crippen LogP contribution in [-0.4, -0.2) is 48.7 Å². The molecule has 1 saturated carbocycles. The second-order valence-corrected chi connectivity index (χ2v) is 14.0. The van der Waals surface area contributed by atoms with Crippen LogP contribution in [0.3, 0.4) is 0 Å². The minimum Gasteiger partial charge on any atom is -0.381 e. The third-order valence-corrected chi connectivity index (χ3v) is 9.93. The fourth-order valence-corrected chi connectivity index (χ4v) is 7.76. The first-order chi connectivity index (χ1) is 19.0. The summed E-state index contributed by atoms with van der Waals surface area (Å²) in [6.07, 6.45) is 11.1. The second-order valence-electron chi connectivity index (χ2n) is 12.4. The van der Waals surface area contributed by atoms with Crippen molar-refractivity contribution in [2.75, 3.05) is 13.2 Å². The summed E-state index contributed by atoms with van der Waals surface area (Å²) in [4.78, 5) is 18.0. The van der Waals surface area contributed by atoms with Gasteiger partial charge in [0, 0.05) is 66.1 Å². The Morgan fingerprint density at radius 1 is 1.05 bits per heavy atom. The van der Waals surface area contributed by atoms with Crippen molar-refractivity contribution in [2.45, 2.75) is 95.7 Å². The van der Waals surface area contributed by atoms with Crippen molar-refractivity contribution in [2.24, 2.45) is 5.92 Å². The summed E-state index contributed by atoms with van der Waals surface area (Å²) in [7, 11) is -3.78. The molecule has 1 saturated heterocycles. The average Bonchev–Trinajstić information content (AvgIpc) is 3.23. The molecule has 1 aromatic carbocycles. The van der Waals surface area contributed by atoms with Gasteiger partial charge in [0.15, 0.2) is 0 Å². The van der Waals surface area contributed by atoms with E-state index in [-0.39, 0.29) is 16.8 Å². The zero-order chi connectivity index (χ0) is 28.5. The van der Waals surface area contributed by atoms with Gasteiger partial charge in [-0.15, -0.1) is 0 Å². The van der Waals surface area contributed by atoms with E-state index in [0.29, 0.717) is 30.1 Å². The molecular weight excluding hydrogens is 524 g/mol. The van der Waals surface area contributed by atoms with Crippen molar-refractivity contribution in [1.29, 1.82) is 0 Å². The number of aromatic nitrogens is 2. The highest BCUT2D eigenvalue weighted by Gasteiger charge is 2.28. The number of hydrogen-bond acceptors (Lipinski definition) is 5. The SMILES string of the molecule is Cc1c(C(=O)NC2CCOCC2)cc(-c2ccc(S(=O)(=O)NC(C)(C)C)c3cnccc23)n1CC1CCCCC1. The van der Waals surface area contributed by atoms with Crippen molar-refractivity contribution < 1.29 is 17.9 Å². The van der Waals surface area contributed by atoms with Crippen LogP contribution in [0.25, 0.3) is 22.0 Å². The van der Waals surface area contributed by atoms with Crippen molar-refractivity contribution in [1.82, 2.24) is 19.6 Å². The highest BCUT2D eigenvalue weighted by atomic mass is 32.2. The molecule has 1 aliphatic carbocycles. The second kappa shape index (κ2) is 11.6. The standard InChI is InChI=1S/C31H42N4O4S/c1-21-26(30(36)33-23-13-16-39-17-14-23)18-28(35(21)20-22-8-6-5-7-9-22)25-10-11-29(27-19-32-15-12-24(25)27)40(37,38)34-31(2,3)4/h10-12,15,18-19,22-23,34H,5-9,13-14,16-17,20H2,1-4H3,(H,33,36). The molecule has 0 radical (unpaired) electrons. The number of sulfonamides is 1. The van der Waals surface area contributed by atoms with Gasteiger partial charge in [0.2, 0.25) is 10.0 Å². The van der Waals surface area contributed by atoms with Crippen LogP contribution in [0.1, 0.15) is 81.8 Å². The minimum atomic E-state index is -3.78. The van der Waals surface area contributed by atoms with Crippen LogP contribution in [0.15, 0.2) is 41.6 Å². The predicted octanol–water partition coefficient (Wildman–Crippen LogP) is 5.58. The largest absolute Gasteiger partial charge is 0.381 e. The third-order valence-electron chi connectivity index (χ3n) is 8.12. The Morgan fingerprint density at radius 2 is 1.77 bits per heavy atom. The highest BCUT2D eigenvalue weighted by Crippen LogP contribution is 2.37. The maximum atomic E-state index is 13.5. The van der Waals surface area contributed by atoms with Crippen LogP contribution in [0.4, 0.5) is 0 Å². The molecule has 5 rings (SSSR count). The van der Waals surface area contributed by atoms with E-state index in [9.17, 15) is 13.2 Å². The van der Waals surface area contributed by atoms with E-state index in [1.807, 2.05) is 45.9 Å². The fourth-order valence-electron chi connectivity index (χ4n) is 6.15. The number of carbonyl (C=O) groups excluding carboxylic acids is 1. The van der Waals surface area contributed by atoms with E-state index in [2.05, 4.69) is 19.6 Å². The first-order valence-corrected chi connectivity index (χ1v) is 16.0. The van der Waals surface area contributed by atoms with Gasteiger partial charge in [-0.2, -0.15) is 0 Å². The summed E-state index contributed by atoms with van der Waals surface area (Å²) in [5.41, 5.74) is 2.83. The Morgan fingerprint density at radius 3 is 2.48 bits per heavy atom. The van der Waals surface area contributed by atoms with Gasteiger partial charge in [-0.25, -0.2) is 13.1 Å². The van der Waals surface area contributed by atoms with Gasteiger partial charge in [-0.05, 0) is 82.9 Å². The summed E-state index contributed by atoms with van der Waals surface area (Å²) in [5.74, 6) is 0.487. The lowest BCUT2D eigenvalue weighted by Gasteiger charge is -2.25. The van der Waals surface area contributed by atoms with Crippen molar-refractivity contribution in [3.05, 3.63) is 47.9 Å². The molecule has 0 bridgehead atoms. The molecule has 216 valence electrons. The summed E-state index contributed by atoms with van der Waals surface area (Å²) >= 11 is 0. The van der Waals surface area contributed by atoms with Gasteiger partial charge < -0.3 is 14.6 Å². The number of nitrogens with one attached hydrogen (secondary N) is 2. The summed E-state index contributed by atoms with van der Waals surface area (Å²) < 4.78 is 37.3. The number of rotatable bonds is 7. The van der Waals surface area contributed by atoms with Gasteiger partial charge >= 0.3 is 0 Å². The zero-order valence-electron chi connectivity index (χ0n) is 24.1. The molecule has 40 heavy (non-hydrogen) atoms. The highest BCUT2D eigenvalue weighted by molar-refractivity contribution is 7.89. The van der Waals surface area contributed by atoms with Crippen LogP contribution in [-0.2, 0) is 21.3 Å². The van der Waals surface area contributed by atoms with E-state index in [0.717, 1.165) is 41.7 Å². The molecule has 2 aliphatic rings. The summed E-state index contributed by atoms with van der Waals surface area (Å²) in [6.45, 7) is 9.67. The number of hydrogen-bond donors (Lipinski definition) is 2. The lowest BCUT2D eigenvalue weighted by atomic mass is 9.89. The van der Waals surface area contributed by atoms with Gasteiger partial charge in [0.1, 0.15) is 0 Å². The third kappa shape index (κ3) is 6.26. The molecular formula is C31H42N4O4S. The lowest BCUT2D eigenvalue weighted by Crippen LogP contribution is -2.40. The fraction of sp³-hybridized carbons (Fsp3) is 0.548. The molecule has 3 aromatic rings. The number of fused-ring (bicyclic) bond motifs is 1. The number of nitrogens with zero attached hydrogens (tertiary/aromatic N) is 2. The molecule has 8 nitrogen and oxygen atoms in total. The predicted molar refractivity (Wildman–Crippen MR) is 158 cm³/mol. The molecule has 0 unspecified atom stereocenters. The molecule has 0 atom stereocenters. The minimum absolute atomic E-state index is 0.0624. The van der Waals surface area contributed by atoms with E-state index in [1.54, 1.807) is 18.5 Å². The summed E-state index contributed by atoms with van der Waals surface area (Å²) in [5, 5.41) is 4.59. The van der Waals surface area contributed by atoms with Crippen LogP contribution < -0.4 is 10.0 Å². The Labute approximate surface area is 238 Å². The van der Waals surface area contributed by atoms with E-state index >= 15 is 0 Å². The zero-order valence-corrected chi connectivity index (χ0v) is 24.9. The Balaban J connectivity index is 1.60. The quantitative estimate of drug-likeness (QED) is 0.389. The van der Waals surface area contributed by atoms with E-state index in [1.165, 1.54) is 32.1 Å². The lowest BCUT2D eigenvalue weighted by molar-refractivity contribution is 0.0696. The topological polar surface area (TPSA) is 102 Å². The average molecular weight is 567 g/mol. The number of ether oxygens (including phenoxy) is 1. The van der Waals surface area contributed by atoms with Crippen LogP contribution in [0.5, 0.6) is 0 Å². The molecule has 2 aromatic heterocycles. The van der Waals surface area contributed by atoms with E-state index in [4.69, 9.17) is 4.74 Å². The van der Waals surface area contributed by atoms with Gasteiger partial charge in [-0.1, -0.05) is 25.3 Å². The van der Waals surface area contributed by atoms with Gasteiger partial charge in [0.25, 0.3) is 5.91 Å². The molecule has 1 aliphatic heterocycles. The molecule has 0 spiro atoms. The van der Waals surface area contributed by atoms with Crippen molar-refractivity contribution in [3.63, 3.8) is 0 Å². The smallest absolute Gasteiger partial charge is 0.253 e. The van der Waals surface area contributed by atoms with E-state index < -0.39 is 15.6 Å². The number of pyridine rings is 1. The van der Waals surface area contributed by atoms with Crippen molar-refractivity contribution >= 4 is 26.7 Å². The van der Waals surface area contributed by atoms with Gasteiger partial charge in [0.05, 0.1) is 10.5 Å². The van der Waals surface area contributed by atoms with Gasteiger partial charge in [-0.3, -0.25) is 9.78 Å². The Kier molecular flexibility index (Phi) is 8.36. The maximum Gasteiger partial charge on any atom is 0.253 e. The van der Waals surface area contributed by atoms with Crippen LogP contribution in [0.2, 0.25) is 0 Å². The Hall–Kier alpha value is -2.75. The maximum absolute atomic E-state index is 13.5. The number of benzene rings is 1. The monoisotopic (exact) mass is 566 g/mol. The van der Waals surface area contributed by atoms with Crippen LogP contribution >= 0.6 is 0 Å². The summed E-state index contributed by atoms with van der Waals surface area (Å²) in [6, 6.07) is 7.52. The molecule has 9 heteroatoms. The number of carbonyl (C=O) groups is 1. The molecule has 3 heterocycles. The van der Waals surface area contributed by atoms with Crippen molar-refractivity contribution in [3.8, 4) is 11.3 Å².